The Bertz CT molecular complexity index is 302. The van der Waals surface area contributed by atoms with E-state index in [0.717, 1.165) is 4.90 Å². The van der Waals surface area contributed by atoms with Gasteiger partial charge in [-0.2, -0.15) is 5.26 Å². The quantitative estimate of drug-likeness (QED) is 0.691. The molecule has 1 unspecified atom stereocenters. The summed E-state index contributed by atoms with van der Waals surface area (Å²) in [4.78, 5) is 1.00. The predicted octanol–water partition coefficient (Wildman–Crippen LogP) is 3.22. The molecule has 1 rings (SSSR count). The molecule has 1 nitrogen and oxygen atoms in total. The van der Waals surface area contributed by atoms with Crippen LogP contribution in [0.15, 0.2) is 29.2 Å². The van der Waals surface area contributed by atoms with Crippen molar-refractivity contribution in [2.24, 2.45) is 0 Å². The Labute approximate surface area is 81.6 Å². The van der Waals surface area contributed by atoms with Crippen LogP contribution in [0.1, 0.15) is 13.3 Å². The van der Waals surface area contributed by atoms with Gasteiger partial charge in [-0.05, 0) is 24.3 Å². The Morgan fingerprint density at radius 3 is 2.62 bits per heavy atom. The number of hydrogen-bond donors (Lipinski definition) is 0. The second-order valence-electron chi connectivity index (χ2n) is 2.74. The lowest BCUT2D eigenvalue weighted by Gasteiger charge is -2.05. The van der Waals surface area contributed by atoms with Gasteiger partial charge in [-0.1, -0.05) is 6.92 Å². The molecular formula is C10H10FNS. The topological polar surface area (TPSA) is 23.8 Å². The van der Waals surface area contributed by atoms with Crippen LogP contribution in [0.5, 0.6) is 0 Å². The summed E-state index contributed by atoms with van der Waals surface area (Å²) in [6.45, 7) is 1.98. The first-order valence-corrected chi connectivity index (χ1v) is 4.89. The Balaban J connectivity index is 2.55. The van der Waals surface area contributed by atoms with Crippen molar-refractivity contribution in [2.75, 3.05) is 0 Å². The molecule has 0 aliphatic carbocycles. The standard InChI is InChI=1S/C10H10FNS/c1-8(6-7-12)13-10-4-2-9(11)3-5-10/h2-5,8H,6H2,1H3. The van der Waals surface area contributed by atoms with E-state index in [9.17, 15) is 4.39 Å². The monoisotopic (exact) mass is 195 g/mol. The SMILES string of the molecule is CC(CC#N)Sc1ccc(F)cc1. The van der Waals surface area contributed by atoms with Crippen LogP contribution in [0.3, 0.4) is 0 Å². The van der Waals surface area contributed by atoms with Gasteiger partial charge in [0.05, 0.1) is 6.07 Å². The van der Waals surface area contributed by atoms with Crippen LogP contribution in [0.4, 0.5) is 4.39 Å². The summed E-state index contributed by atoms with van der Waals surface area (Å²) in [5.74, 6) is -0.225. The van der Waals surface area contributed by atoms with Gasteiger partial charge in [0.1, 0.15) is 5.82 Å². The molecule has 13 heavy (non-hydrogen) atoms. The number of nitriles is 1. The van der Waals surface area contributed by atoms with Crippen LogP contribution >= 0.6 is 11.8 Å². The first-order chi connectivity index (χ1) is 6.22. The average Bonchev–Trinajstić information content (AvgIpc) is 2.09. The second kappa shape index (κ2) is 4.88. The predicted molar refractivity (Wildman–Crippen MR) is 51.9 cm³/mol. The van der Waals surface area contributed by atoms with E-state index >= 15 is 0 Å². The molecule has 3 heteroatoms. The Hall–Kier alpha value is -1.01. The van der Waals surface area contributed by atoms with Crippen molar-refractivity contribution in [2.45, 2.75) is 23.5 Å². The first-order valence-electron chi connectivity index (χ1n) is 4.01. The lowest BCUT2D eigenvalue weighted by Crippen LogP contribution is -1.92. The van der Waals surface area contributed by atoms with Crippen molar-refractivity contribution in [1.29, 1.82) is 5.26 Å². The van der Waals surface area contributed by atoms with Crippen molar-refractivity contribution in [3.05, 3.63) is 30.1 Å². The van der Waals surface area contributed by atoms with E-state index in [-0.39, 0.29) is 11.1 Å². The molecule has 0 aliphatic rings. The zero-order valence-electron chi connectivity index (χ0n) is 7.33. The van der Waals surface area contributed by atoms with E-state index in [4.69, 9.17) is 5.26 Å². The lowest BCUT2D eigenvalue weighted by atomic mass is 10.3. The molecule has 0 amide bonds. The third kappa shape index (κ3) is 3.47. The van der Waals surface area contributed by atoms with E-state index in [0.29, 0.717) is 6.42 Å². The van der Waals surface area contributed by atoms with E-state index in [1.165, 1.54) is 12.1 Å². The first kappa shape index (κ1) is 10.1. The fourth-order valence-electron chi connectivity index (χ4n) is 0.916. The van der Waals surface area contributed by atoms with Crippen LogP contribution < -0.4 is 0 Å². The number of nitrogens with zero attached hydrogens (tertiary/aromatic N) is 1. The second-order valence-corrected chi connectivity index (χ2v) is 4.26. The largest absolute Gasteiger partial charge is 0.207 e. The van der Waals surface area contributed by atoms with E-state index in [1.54, 1.807) is 23.9 Å². The third-order valence-corrected chi connectivity index (χ3v) is 2.64. The molecule has 0 spiro atoms. The molecule has 0 saturated heterocycles. The zero-order valence-corrected chi connectivity index (χ0v) is 8.14. The molecule has 0 bridgehead atoms. The smallest absolute Gasteiger partial charge is 0.123 e. The fourth-order valence-corrected chi connectivity index (χ4v) is 1.83. The lowest BCUT2D eigenvalue weighted by molar-refractivity contribution is 0.626. The molecule has 0 N–H and O–H groups in total. The van der Waals surface area contributed by atoms with Gasteiger partial charge in [0.2, 0.25) is 0 Å². The van der Waals surface area contributed by atoms with Gasteiger partial charge < -0.3 is 0 Å². The van der Waals surface area contributed by atoms with Crippen LogP contribution in [-0.4, -0.2) is 5.25 Å². The summed E-state index contributed by atoms with van der Waals surface area (Å²) in [6.07, 6.45) is 0.516. The van der Waals surface area contributed by atoms with Crippen molar-refractivity contribution in [1.82, 2.24) is 0 Å². The highest BCUT2D eigenvalue weighted by atomic mass is 32.2. The average molecular weight is 195 g/mol. The molecule has 0 aliphatic heterocycles. The minimum atomic E-state index is -0.225. The van der Waals surface area contributed by atoms with E-state index < -0.39 is 0 Å². The molecular weight excluding hydrogens is 185 g/mol. The van der Waals surface area contributed by atoms with Gasteiger partial charge in [0, 0.05) is 16.6 Å². The molecule has 0 radical (unpaired) electrons. The number of halogens is 1. The van der Waals surface area contributed by atoms with Crippen LogP contribution in [0.2, 0.25) is 0 Å². The molecule has 68 valence electrons. The highest BCUT2D eigenvalue weighted by molar-refractivity contribution is 7.99. The molecule has 1 aromatic rings. The summed E-state index contributed by atoms with van der Waals surface area (Å²) >= 11 is 1.59. The Kier molecular flexibility index (Phi) is 3.78. The van der Waals surface area contributed by atoms with Gasteiger partial charge in [-0.25, -0.2) is 4.39 Å². The molecule has 0 saturated carbocycles. The maximum Gasteiger partial charge on any atom is 0.123 e. The summed E-state index contributed by atoms with van der Waals surface area (Å²) in [6, 6.07) is 8.43. The van der Waals surface area contributed by atoms with Crippen LogP contribution in [0, 0.1) is 17.1 Å². The van der Waals surface area contributed by atoms with E-state index in [2.05, 4.69) is 6.07 Å². The highest BCUT2D eigenvalue weighted by Crippen LogP contribution is 2.24. The van der Waals surface area contributed by atoms with E-state index in [1.807, 2.05) is 6.92 Å². The van der Waals surface area contributed by atoms with Crippen molar-refractivity contribution >= 4 is 11.8 Å². The fraction of sp³-hybridized carbons (Fsp3) is 0.300. The summed E-state index contributed by atoms with van der Waals surface area (Å²) in [5.41, 5.74) is 0. The number of hydrogen-bond acceptors (Lipinski definition) is 2. The van der Waals surface area contributed by atoms with Gasteiger partial charge >= 0.3 is 0 Å². The minimum absolute atomic E-state index is 0.225. The van der Waals surface area contributed by atoms with Gasteiger partial charge in [0.15, 0.2) is 0 Å². The molecule has 1 aromatic carbocycles. The van der Waals surface area contributed by atoms with Crippen molar-refractivity contribution in [3.63, 3.8) is 0 Å². The Morgan fingerprint density at radius 2 is 2.08 bits per heavy atom. The number of benzene rings is 1. The highest BCUT2D eigenvalue weighted by Gasteiger charge is 2.03. The van der Waals surface area contributed by atoms with Crippen LogP contribution in [-0.2, 0) is 0 Å². The van der Waals surface area contributed by atoms with Gasteiger partial charge in [0.25, 0.3) is 0 Å². The number of thioether (sulfide) groups is 1. The molecule has 1 atom stereocenters. The summed E-state index contributed by atoms with van der Waals surface area (Å²) < 4.78 is 12.5. The summed E-state index contributed by atoms with van der Waals surface area (Å²) in [7, 11) is 0. The van der Waals surface area contributed by atoms with Gasteiger partial charge in [-0.3, -0.25) is 0 Å². The number of rotatable bonds is 3. The molecule has 0 fully saturated rings. The zero-order chi connectivity index (χ0) is 9.68. The normalized spacial score (nSPS) is 12.1. The third-order valence-electron chi connectivity index (χ3n) is 1.53. The molecule has 0 heterocycles. The molecule has 0 aromatic heterocycles. The van der Waals surface area contributed by atoms with Gasteiger partial charge in [-0.15, -0.1) is 11.8 Å². The van der Waals surface area contributed by atoms with Crippen molar-refractivity contribution < 1.29 is 4.39 Å². The van der Waals surface area contributed by atoms with Crippen LogP contribution in [0.25, 0.3) is 0 Å². The summed E-state index contributed by atoms with van der Waals surface area (Å²) in [5, 5.41) is 8.70. The van der Waals surface area contributed by atoms with Crippen molar-refractivity contribution in [3.8, 4) is 6.07 Å². The Morgan fingerprint density at radius 1 is 1.46 bits per heavy atom. The minimum Gasteiger partial charge on any atom is -0.207 e. The maximum atomic E-state index is 12.5. The maximum absolute atomic E-state index is 12.5.